The number of fused-ring (bicyclic) bond motifs is 1. The van der Waals surface area contributed by atoms with E-state index in [1.807, 2.05) is 35.9 Å². The lowest BCUT2D eigenvalue weighted by Gasteiger charge is -2.20. The van der Waals surface area contributed by atoms with Gasteiger partial charge in [0.15, 0.2) is 0 Å². The summed E-state index contributed by atoms with van der Waals surface area (Å²) in [6, 6.07) is 8.61. The van der Waals surface area contributed by atoms with Crippen molar-refractivity contribution in [3.05, 3.63) is 53.7 Å². The quantitative estimate of drug-likeness (QED) is 0.461. The Balaban J connectivity index is 1.56. The maximum Gasteiger partial charge on any atom is 0.433 e. The highest BCUT2D eigenvalue weighted by Gasteiger charge is 2.35. The number of hydrogen-bond acceptors (Lipinski definition) is 6. The molecule has 3 aromatic heterocycles. The number of β-amino-alcohol motifs (C(OH)–C–C–N with tert-alkyl or cyclic N) is 1. The lowest BCUT2D eigenvalue weighted by molar-refractivity contribution is -0.140. The summed E-state index contributed by atoms with van der Waals surface area (Å²) in [5.74, 6) is 0.949. The summed E-state index contributed by atoms with van der Waals surface area (Å²) in [6.07, 6.45) is -2.37. The number of aryl methyl sites for hydroxylation is 1. The lowest BCUT2D eigenvalue weighted by Crippen LogP contribution is -2.22. The van der Waals surface area contributed by atoms with Crippen molar-refractivity contribution in [1.29, 1.82) is 0 Å². The molecule has 11 heteroatoms. The van der Waals surface area contributed by atoms with Crippen LogP contribution in [0.3, 0.4) is 0 Å². The first-order valence-corrected chi connectivity index (χ1v) is 11.0. The highest BCUT2D eigenvalue weighted by molar-refractivity contribution is 5.97. The van der Waals surface area contributed by atoms with Crippen LogP contribution >= 0.6 is 0 Å². The van der Waals surface area contributed by atoms with Gasteiger partial charge < -0.3 is 14.6 Å². The average Bonchev–Trinajstić information content (AvgIpc) is 3.53. The Morgan fingerprint density at radius 1 is 1.26 bits per heavy atom. The number of H-pyrrole nitrogens is 1. The van der Waals surface area contributed by atoms with Gasteiger partial charge in [-0.15, -0.1) is 10.2 Å². The van der Waals surface area contributed by atoms with Gasteiger partial charge in [-0.3, -0.25) is 5.10 Å². The number of nitrogens with zero attached hydrogens (tertiary/aromatic N) is 6. The minimum absolute atomic E-state index is 0.105. The molecule has 0 aliphatic carbocycles. The molecule has 1 unspecified atom stereocenters. The predicted octanol–water partition coefficient (Wildman–Crippen LogP) is 3.69. The van der Waals surface area contributed by atoms with Crippen molar-refractivity contribution < 1.29 is 18.3 Å². The van der Waals surface area contributed by atoms with Gasteiger partial charge in [0.1, 0.15) is 34.6 Å². The van der Waals surface area contributed by atoms with Crippen molar-refractivity contribution in [3.63, 3.8) is 0 Å². The van der Waals surface area contributed by atoms with Crippen LogP contribution < -0.4 is 4.90 Å². The van der Waals surface area contributed by atoms with E-state index in [0.29, 0.717) is 41.8 Å². The first kappa shape index (κ1) is 22.3. The van der Waals surface area contributed by atoms with Gasteiger partial charge in [0.2, 0.25) is 0 Å². The molecule has 1 fully saturated rings. The topological polar surface area (TPSA) is 95.8 Å². The molecule has 1 saturated heterocycles. The van der Waals surface area contributed by atoms with Crippen LogP contribution in [-0.2, 0) is 19.6 Å². The molecule has 4 heterocycles. The fourth-order valence-corrected chi connectivity index (χ4v) is 4.41. The number of benzene rings is 1. The van der Waals surface area contributed by atoms with Gasteiger partial charge in [0.05, 0.1) is 11.8 Å². The summed E-state index contributed by atoms with van der Waals surface area (Å²) in [5.41, 5.74) is 1.98. The molecule has 0 saturated carbocycles. The average molecular weight is 471 g/mol. The molecular weight excluding hydrogens is 447 g/mol. The summed E-state index contributed by atoms with van der Waals surface area (Å²) in [7, 11) is 1.88. The summed E-state index contributed by atoms with van der Waals surface area (Å²) in [6.45, 7) is 2.79. The molecule has 1 aliphatic heterocycles. The molecule has 0 bridgehead atoms. The largest absolute Gasteiger partial charge is 0.433 e. The van der Waals surface area contributed by atoms with E-state index in [-0.39, 0.29) is 18.0 Å². The van der Waals surface area contributed by atoms with E-state index in [0.717, 1.165) is 17.5 Å². The number of nitrogens with one attached hydrogen (secondary N) is 1. The van der Waals surface area contributed by atoms with Crippen LogP contribution in [0.15, 0.2) is 36.7 Å². The minimum atomic E-state index is -4.61. The Kier molecular flexibility index (Phi) is 5.51. The molecule has 34 heavy (non-hydrogen) atoms. The first-order valence-electron chi connectivity index (χ1n) is 11.0. The molecular formula is C23H24F3N7O. The van der Waals surface area contributed by atoms with E-state index in [2.05, 4.69) is 32.3 Å². The molecule has 8 nitrogen and oxygen atoms in total. The number of aliphatic hydroxyl groups excluding tert-OH is 1. The molecule has 1 aliphatic rings. The molecule has 1 aromatic carbocycles. The van der Waals surface area contributed by atoms with Crippen LogP contribution in [0.1, 0.15) is 36.3 Å². The minimum Gasteiger partial charge on any atom is -0.391 e. The van der Waals surface area contributed by atoms with Crippen molar-refractivity contribution in [1.82, 2.24) is 29.9 Å². The van der Waals surface area contributed by atoms with Gasteiger partial charge in [-0.2, -0.15) is 18.3 Å². The van der Waals surface area contributed by atoms with E-state index in [1.54, 1.807) is 11.2 Å². The molecule has 0 spiro atoms. The Hall–Kier alpha value is -3.47. The number of aromatic amines is 1. The molecule has 0 amide bonds. The standard InChI is InChI=1S/C23H24F3N7O/c1-13(8-19-29-27-12-32(19)2)14-4-3-5-15(9-14)20-22-21(31-30-20)17(33-7-6-16(34)11-33)10-18(28-22)23(24,25)26/h3-5,9-10,12-13,16,34H,6-8,11H2,1-2H3,(H,30,31)/t13?,16-/m1/s1. The third kappa shape index (κ3) is 4.11. The van der Waals surface area contributed by atoms with Crippen LogP contribution in [-0.4, -0.2) is 54.2 Å². The number of alkyl halides is 3. The van der Waals surface area contributed by atoms with Crippen molar-refractivity contribution in [3.8, 4) is 11.3 Å². The van der Waals surface area contributed by atoms with E-state index < -0.39 is 18.0 Å². The van der Waals surface area contributed by atoms with Gasteiger partial charge in [0.25, 0.3) is 0 Å². The van der Waals surface area contributed by atoms with Gasteiger partial charge in [-0.25, -0.2) is 4.98 Å². The van der Waals surface area contributed by atoms with Gasteiger partial charge >= 0.3 is 6.18 Å². The van der Waals surface area contributed by atoms with Crippen molar-refractivity contribution in [2.24, 2.45) is 7.05 Å². The third-order valence-electron chi connectivity index (χ3n) is 6.32. The number of hydrogen-bond donors (Lipinski definition) is 2. The zero-order chi connectivity index (χ0) is 24.0. The summed E-state index contributed by atoms with van der Waals surface area (Å²) >= 11 is 0. The van der Waals surface area contributed by atoms with Gasteiger partial charge in [0, 0.05) is 32.1 Å². The second-order valence-electron chi connectivity index (χ2n) is 8.80. The maximum absolute atomic E-state index is 13.7. The molecule has 0 radical (unpaired) electrons. The number of halogens is 3. The second-order valence-corrected chi connectivity index (χ2v) is 8.80. The second kappa shape index (κ2) is 8.39. The van der Waals surface area contributed by atoms with Gasteiger partial charge in [-0.1, -0.05) is 25.1 Å². The first-order chi connectivity index (χ1) is 16.2. The molecule has 2 atom stereocenters. The van der Waals surface area contributed by atoms with Crippen LogP contribution in [0, 0.1) is 0 Å². The highest BCUT2D eigenvalue weighted by atomic mass is 19.4. The van der Waals surface area contributed by atoms with Crippen LogP contribution in [0.5, 0.6) is 0 Å². The number of aromatic nitrogens is 6. The Morgan fingerprint density at radius 2 is 2.09 bits per heavy atom. The number of anilines is 1. The van der Waals surface area contributed by atoms with Crippen LogP contribution in [0.25, 0.3) is 22.3 Å². The Labute approximate surface area is 193 Å². The molecule has 178 valence electrons. The van der Waals surface area contributed by atoms with E-state index in [9.17, 15) is 18.3 Å². The van der Waals surface area contributed by atoms with Crippen LogP contribution in [0.4, 0.5) is 18.9 Å². The smallest absolute Gasteiger partial charge is 0.391 e. The normalized spacial score (nSPS) is 17.6. The van der Waals surface area contributed by atoms with E-state index in [4.69, 9.17) is 0 Å². The molecule has 5 rings (SSSR count). The Morgan fingerprint density at radius 3 is 2.76 bits per heavy atom. The fraction of sp³-hybridized carbons (Fsp3) is 0.391. The third-order valence-corrected chi connectivity index (χ3v) is 6.32. The lowest BCUT2D eigenvalue weighted by atomic mass is 9.95. The maximum atomic E-state index is 13.7. The SMILES string of the molecule is CC(Cc1nncn1C)c1cccc(-c2n[nH]c3c(N4CC[C@@H](O)C4)cc(C(F)(F)F)nc23)c1. The van der Waals surface area contributed by atoms with Crippen molar-refractivity contribution in [2.45, 2.75) is 38.0 Å². The van der Waals surface area contributed by atoms with Gasteiger partial charge in [-0.05, 0) is 30.0 Å². The zero-order valence-corrected chi connectivity index (χ0v) is 18.7. The highest BCUT2D eigenvalue weighted by Crippen LogP contribution is 2.38. The number of rotatable bonds is 5. The summed E-state index contributed by atoms with van der Waals surface area (Å²) in [4.78, 5) is 5.69. The molecule has 4 aromatic rings. The summed E-state index contributed by atoms with van der Waals surface area (Å²) in [5, 5.41) is 25.2. The zero-order valence-electron chi connectivity index (χ0n) is 18.7. The predicted molar refractivity (Wildman–Crippen MR) is 120 cm³/mol. The van der Waals surface area contributed by atoms with Crippen molar-refractivity contribution >= 4 is 16.7 Å². The molecule has 2 N–H and O–H groups in total. The number of pyridine rings is 1. The van der Waals surface area contributed by atoms with E-state index in [1.165, 1.54) is 0 Å². The Bertz CT molecular complexity index is 1330. The summed E-state index contributed by atoms with van der Waals surface area (Å²) < 4.78 is 43.0. The van der Waals surface area contributed by atoms with E-state index >= 15 is 0 Å². The van der Waals surface area contributed by atoms with Crippen molar-refractivity contribution in [2.75, 3.05) is 18.0 Å². The van der Waals surface area contributed by atoms with Crippen LogP contribution in [0.2, 0.25) is 0 Å². The number of aliphatic hydroxyl groups is 1. The fourth-order valence-electron chi connectivity index (χ4n) is 4.41. The monoisotopic (exact) mass is 471 g/mol.